The number of hydrogen-bond donors (Lipinski definition) is 1. The summed E-state index contributed by atoms with van der Waals surface area (Å²) in [7, 11) is 0. The van der Waals surface area contributed by atoms with Crippen LogP contribution >= 0.6 is 0 Å². The minimum atomic E-state index is -0.938. The third kappa shape index (κ3) is 5.49. The fraction of sp³-hybridized carbons (Fsp3) is 0.176. The lowest BCUT2D eigenvalue weighted by Gasteiger charge is -2.08. The predicted molar refractivity (Wildman–Crippen MR) is 96.0 cm³/mol. The van der Waals surface area contributed by atoms with E-state index >= 15 is 0 Å². The van der Waals surface area contributed by atoms with Crippen molar-refractivity contribution in [2.24, 2.45) is 0 Å². The first-order valence-electron chi connectivity index (χ1n) is 7.84. The molecule has 0 heterocycles. The fourth-order valence-electron chi connectivity index (χ4n) is 2.14. The molecule has 0 radical (unpaired) electrons. The molecule has 0 aliphatic rings. The van der Waals surface area contributed by atoms with Gasteiger partial charge in [0.05, 0.1) is 9.85 Å². The Balaban J connectivity index is 1.88. The van der Waals surface area contributed by atoms with Gasteiger partial charge in [-0.05, 0) is 24.6 Å². The van der Waals surface area contributed by atoms with Crippen LogP contribution in [0, 0.1) is 27.2 Å². The van der Waals surface area contributed by atoms with Crippen molar-refractivity contribution in [2.75, 3.05) is 18.5 Å². The zero-order valence-corrected chi connectivity index (χ0v) is 14.6. The zero-order valence-electron chi connectivity index (χ0n) is 14.6. The van der Waals surface area contributed by atoms with Gasteiger partial charge in [-0.3, -0.25) is 25.0 Å². The van der Waals surface area contributed by atoms with Gasteiger partial charge in [0.15, 0.2) is 19.0 Å². The van der Waals surface area contributed by atoms with Crippen LogP contribution in [0.5, 0.6) is 5.75 Å². The summed E-state index contributed by atoms with van der Waals surface area (Å²) in [4.78, 5) is 44.1. The fourth-order valence-corrected chi connectivity index (χ4v) is 2.14. The Hall–Kier alpha value is -4.02. The molecule has 11 nitrogen and oxygen atoms in total. The molecule has 0 saturated carbocycles. The van der Waals surface area contributed by atoms with Crippen molar-refractivity contribution in [1.29, 1.82) is 0 Å². The molecular formula is C17H15N3O8. The van der Waals surface area contributed by atoms with Gasteiger partial charge in [-0.15, -0.1) is 0 Å². The second-order valence-electron chi connectivity index (χ2n) is 5.50. The molecule has 0 aromatic heterocycles. The van der Waals surface area contributed by atoms with Gasteiger partial charge in [-0.1, -0.05) is 18.2 Å². The molecule has 0 atom stereocenters. The van der Waals surface area contributed by atoms with E-state index in [1.54, 1.807) is 13.0 Å². The first-order valence-corrected chi connectivity index (χ1v) is 7.84. The molecule has 0 saturated heterocycles. The summed E-state index contributed by atoms with van der Waals surface area (Å²) >= 11 is 0. The number of hydrogen-bond acceptors (Lipinski definition) is 8. The molecule has 28 heavy (non-hydrogen) atoms. The van der Waals surface area contributed by atoms with E-state index in [9.17, 15) is 29.8 Å². The maximum Gasteiger partial charge on any atom is 0.344 e. The van der Waals surface area contributed by atoms with Crippen LogP contribution < -0.4 is 10.1 Å². The summed E-state index contributed by atoms with van der Waals surface area (Å²) in [5, 5.41) is 24.2. The molecule has 2 aromatic rings. The van der Waals surface area contributed by atoms with Gasteiger partial charge in [-0.2, -0.15) is 0 Å². The van der Waals surface area contributed by atoms with Crippen LogP contribution in [0.3, 0.4) is 0 Å². The SMILES string of the molecule is Cc1ccc(NC(=O)COC(=O)COc2ccccc2[N+](=O)[O-])c([N+](=O)[O-])c1. The number of amides is 1. The number of esters is 1. The Morgan fingerprint density at radius 3 is 2.36 bits per heavy atom. The van der Waals surface area contributed by atoms with Crippen LogP contribution in [0.1, 0.15) is 5.56 Å². The lowest BCUT2D eigenvalue weighted by atomic mass is 10.2. The predicted octanol–water partition coefficient (Wildman–Crippen LogP) is 2.37. The number of nitrogens with one attached hydrogen (secondary N) is 1. The van der Waals surface area contributed by atoms with Crippen molar-refractivity contribution in [3.05, 3.63) is 68.3 Å². The Kier molecular flexibility index (Phi) is 6.58. The highest BCUT2D eigenvalue weighted by atomic mass is 16.6. The molecule has 0 unspecified atom stereocenters. The quantitative estimate of drug-likeness (QED) is 0.410. The summed E-state index contributed by atoms with van der Waals surface area (Å²) < 4.78 is 9.74. The van der Waals surface area contributed by atoms with E-state index in [4.69, 9.17) is 9.47 Å². The number of nitro groups is 2. The highest BCUT2D eigenvalue weighted by Gasteiger charge is 2.18. The van der Waals surface area contributed by atoms with E-state index < -0.39 is 34.9 Å². The molecule has 146 valence electrons. The van der Waals surface area contributed by atoms with E-state index in [0.717, 1.165) is 0 Å². The summed E-state index contributed by atoms with van der Waals surface area (Å²) in [6, 6.07) is 9.70. The van der Waals surface area contributed by atoms with Crippen LogP contribution in [-0.4, -0.2) is 34.9 Å². The smallest absolute Gasteiger partial charge is 0.344 e. The molecule has 2 rings (SSSR count). The number of para-hydroxylation sites is 2. The summed E-state index contributed by atoms with van der Waals surface area (Å²) in [5.74, 6) is -1.85. The van der Waals surface area contributed by atoms with Crippen LogP contribution in [0.15, 0.2) is 42.5 Å². The highest BCUT2D eigenvalue weighted by molar-refractivity contribution is 5.95. The van der Waals surface area contributed by atoms with Gasteiger partial charge in [0.1, 0.15) is 5.69 Å². The van der Waals surface area contributed by atoms with E-state index in [1.165, 1.54) is 36.4 Å². The number of rotatable bonds is 8. The van der Waals surface area contributed by atoms with Crippen molar-refractivity contribution in [3.63, 3.8) is 0 Å². The lowest BCUT2D eigenvalue weighted by molar-refractivity contribution is -0.385. The molecule has 0 fully saturated rings. The van der Waals surface area contributed by atoms with Crippen molar-refractivity contribution in [3.8, 4) is 5.75 Å². The second kappa shape index (κ2) is 9.07. The van der Waals surface area contributed by atoms with E-state index in [0.29, 0.717) is 5.56 Å². The topological polar surface area (TPSA) is 151 Å². The van der Waals surface area contributed by atoms with Gasteiger partial charge in [0, 0.05) is 12.1 Å². The molecule has 0 spiro atoms. The molecular weight excluding hydrogens is 374 g/mol. The molecule has 1 amide bonds. The average molecular weight is 389 g/mol. The second-order valence-corrected chi connectivity index (χ2v) is 5.50. The first-order chi connectivity index (χ1) is 13.3. The van der Waals surface area contributed by atoms with Gasteiger partial charge < -0.3 is 14.8 Å². The van der Waals surface area contributed by atoms with Gasteiger partial charge in [-0.25, -0.2) is 4.79 Å². The van der Waals surface area contributed by atoms with Crippen LogP contribution in [0.25, 0.3) is 0 Å². The summed E-state index contributed by atoms with van der Waals surface area (Å²) in [6.45, 7) is 0.310. The van der Waals surface area contributed by atoms with Crippen molar-refractivity contribution in [2.45, 2.75) is 6.92 Å². The molecule has 0 aliphatic heterocycles. The maximum absolute atomic E-state index is 11.9. The number of nitrogens with zero attached hydrogens (tertiary/aromatic N) is 2. The first kappa shape index (κ1) is 20.3. The number of carbonyl (C=O) groups excluding carboxylic acids is 2. The minimum Gasteiger partial charge on any atom is -0.475 e. The lowest BCUT2D eigenvalue weighted by Crippen LogP contribution is -2.24. The van der Waals surface area contributed by atoms with Crippen molar-refractivity contribution < 1.29 is 28.9 Å². The van der Waals surface area contributed by atoms with E-state index in [2.05, 4.69) is 5.32 Å². The minimum absolute atomic E-state index is 0.0344. The average Bonchev–Trinajstić information content (AvgIpc) is 2.66. The van der Waals surface area contributed by atoms with Crippen LogP contribution in [-0.2, 0) is 14.3 Å². The van der Waals surface area contributed by atoms with Gasteiger partial charge in [0.2, 0.25) is 0 Å². The number of anilines is 1. The maximum atomic E-state index is 11.9. The third-order valence-electron chi connectivity index (χ3n) is 3.40. The molecule has 0 aliphatic carbocycles. The van der Waals surface area contributed by atoms with Gasteiger partial charge >= 0.3 is 11.7 Å². The number of carbonyl (C=O) groups is 2. The molecule has 1 N–H and O–H groups in total. The van der Waals surface area contributed by atoms with E-state index in [1.807, 2.05) is 0 Å². The number of aryl methyl sites for hydroxylation is 1. The molecule has 2 aromatic carbocycles. The number of ether oxygens (including phenoxy) is 2. The molecule has 0 bridgehead atoms. The standard InChI is InChI=1S/C17H15N3O8/c1-11-6-7-12(14(8-11)20(25)26)18-16(21)9-28-17(22)10-27-15-5-3-2-4-13(15)19(23)24/h2-8H,9-10H2,1H3,(H,18,21). The van der Waals surface area contributed by atoms with Crippen LogP contribution in [0.2, 0.25) is 0 Å². The Morgan fingerprint density at radius 2 is 1.68 bits per heavy atom. The summed E-state index contributed by atoms with van der Waals surface area (Å²) in [6.07, 6.45) is 0. The van der Waals surface area contributed by atoms with Crippen LogP contribution in [0.4, 0.5) is 17.1 Å². The molecule has 11 heteroatoms. The summed E-state index contributed by atoms with van der Waals surface area (Å²) in [5.41, 5.74) is -0.00443. The van der Waals surface area contributed by atoms with Gasteiger partial charge in [0.25, 0.3) is 11.6 Å². The largest absolute Gasteiger partial charge is 0.475 e. The number of nitro benzene ring substituents is 2. The monoisotopic (exact) mass is 389 g/mol. The third-order valence-corrected chi connectivity index (χ3v) is 3.40. The van der Waals surface area contributed by atoms with E-state index in [-0.39, 0.29) is 22.8 Å². The Labute approximate surface area is 158 Å². The highest BCUT2D eigenvalue weighted by Crippen LogP contribution is 2.26. The van der Waals surface area contributed by atoms with Crippen molar-refractivity contribution >= 4 is 28.9 Å². The van der Waals surface area contributed by atoms with Crippen molar-refractivity contribution in [1.82, 2.24) is 0 Å². The Morgan fingerprint density at radius 1 is 1.00 bits per heavy atom. The number of benzene rings is 2. The normalized spacial score (nSPS) is 10.0. The Bertz CT molecular complexity index is 928. The zero-order chi connectivity index (χ0) is 20.7.